The lowest BCUT2D eigenvalue weighted by Crippen LogP contribution is -2.34. The number of aromatic carboxylic acids is 1. The Morgan fingerprint density at radius 1 is 1.14 bits per heavy atom. The van der Waals surface area contributed by atoms with Crippen molar-refractivity contribution < 1.29 is 14.7 Å². The van der Waals surface area contributed by atoms with Crippen LogP contribution in [0.15, 0.2) is 36.4 Å². The summed E-state index contributed by atoms with van der Waals surface area (Å²) >= 11 is 0. The van der Waals surface area contributed by atoms with Gasteiger partial charge in [-0.3, -0.25) is 4.79 Å². The fourth-order valence-electron chi connectivity index (χ4n) is 3.36. The van der Waals surface area contributed by atoms with Gasteiger partial charge in [-0.05, 0) is 48.8 Å². The van der Waals surface area contributed by atoms with Crippen LogP contribution in [0, 0.1) is 17.8 Å². The number of hydrogen-bond acceptors (Lipinski definition) is 2. The lowest BCUT2D eigenvalue weighted by molar-refractivity contribution is -0.125. The van der Waals surface area contributed by atoms with Crippen molar-refractivity contribution in [3.8, 4) is 0 Å². The van der Waals surface area contributed by atoms with E-state index in [1.807, 2.05) is 0 Å². The third kappa shape index (κ3) is 2.99. The highest BCUT2D eigenvalue weighted by Gasteiger charge is 2.39. The molecule has 2 bridgehead atoms. The fraction of sp³-hybridized carbons (Fsp3) is 0.412. The quantitative estimate of drug-likeness (QED) is 0.815. The molecule has 110 valence electrons. The molecule has 0 saturated heterocycles. The molecule has 2 aliphatic rings. The number of fused-ring (bicyclic) bond motifs is 2. The molecule has 4 heteroatoms. The van der Waals surface area contributed by atoms with Crippen LogP contribution in [0.4, 0.5) is 0 Å². The second-order valence-corrected chi connectivity index (χ2v) is 5.93. The van der Waals surface area contributed by atoms with E-state index >= 15 is 0 Å². The van der Waals surface area contributed by atoms with Crippen molar-refractivity contribution in [2.75, 3.05) is 6.54 Å². The molecular weight excluding hydrogens is 266 g/mol. The summed E-state index contributed by atoms with van der Waals surface area (Å²) in [4.78, 5) is 22.9. The van der Waals surface area contributed by atoms with Crippen LogP contribution in [-0.2, 0) is 11.2 Å². The zero-order chi connectivity index (χ0) is 14.8. The monoisotopic (exact) mass is 285 g/mol. The molecule has 2 aliphatic carbocycles. The molecule has 0 heterocycles. The summed E-state index contributed by atoms with van der Waals surface area (Å²) in [5.41, 5.74) is 1.32. The van der Waals surface area contributed by atoms with Crippen molar-refractivity contribution in [2.45, 2.75) is 19.3 Å². The highest BCUT2D eigenvalue weighted by Crippen LogP contribution is 2.43. The molecule has 0 aliphatic heterocycles. The van der Waals surface area contributed by atoms with E-state index in [1.165, 1.54) is 0 Å². The molecular formula is C17H19NO3. The number of allylic oxidation sites excluding steroid dienone is 2. The average molecular weight is 285 g/mol. The van der Waals surface area contributed by atoms with Crippen molar-refractivity contribution in [3.63, 3.8) is 0 Å². The van der Waals surface area contributed by atoms with Gasteiger partial charge in [-0.25, -0.2) is 4.79 Å². The van der Waals surface area contributed by atoms with Crippen LogP contribution in [0.1, 0.15) is 28.8 Å². The third-order valence-electron chi connectivity index (χ3n) is 4.53. The van der Waals surface area contributed by atoms with Gasteiger partial charge in [0.15, 0.2) is 0 Å². The first-order valence-corrected chi connectivity index (χ1v) is 7.42. The van der Waals surface area contributed by atoms with Crippen molar-refractivity contribution in [3.05, 3.63) is 47.5 Å². The molecule has 4 nitrogen and oxygen atoms in total. The van der Waals surface area contributed by atoms with Crippen LogP contribution in [0.5, 0.6) is 0 Å². The molecule has 1 fully saturated rings. The molecule has 1 saturated carbocycles. The number of hydrogen-bond donors (Lipinski definition) is 2. The standard InChI is InChI=1S/C17H19NO3/c19-16(15-10-12-3-6-14(15)9-12)18-8-7-11-1-4-13(5-2-11)17(20)21/h1-6,12,14-15H,7-10H2,(H,18,19)(H,20,21). The minimum atomic E-state index is -0.917. The maximum Gasteiger partial charge on any atom is 0.335 e. The number of amides is 1. The molecule has 0 spiro atoms. The number of carbonyl (C=O) groups excluding carboxylic acids is 1. The largest absolute Gasteiger partial charge is 0.478 e. The van der Waals surface area contributed by atoms with Crippen LogP contribution >= 0.6 is 0 Å². The Bertz CT molecular complexity index is 576. The molecule has 3 rings (SSSR count). The van der Waals surface area contributed by atoms with Gasteiger partial charge in [-0.15, -0.1) is 0 Å². The Morgan fingerprint density at radius 3 is 2.48 bits per heavy atom. The first kappa shape index (κ1) is 13.9. The van der Waals surface area contributed by atoms with Gasteiger partial charge in [0.1, 0.15) is 0 Å². The first-order chi connectivity index (χ1) is 10.1. The van der Waals surface area contributed by atoms with E-state index in [4.69, 9.17) is 5.11 Å². The summed E-state index contributed by atoms with van der Waals surface area (Å²) in [6, 6.07) is 6.80. The van der Waals surface area contributed by atoms with Gasteiger partial charge in [0.2, 0.25) is 5.91 Å². The van der Waals surface area contributed by atoms with Crippen LogP contribution < -0.4 is 5.32 Å². The summed E-state index contributed by atoms with van der Waals surface area (Å²) < 4.78 is 0. The normalized spacial score (nSPS) is 26.0. The van der Waals surface area contributed by atoms with Crippen LogP contribution in [0.2, 0.25) is 0 Å². The lowest BCUT2D eigenvalue weighted by Gasteiger charge is -2.17. The van der Waals surface area contributed by atoms with Gasteiger partial charge in [-0.1, -0.05) is 24.3 Å². The summed E-state index contributed by atoms with van der Waals surface area (Å²) in [7, 11) is 0. The number of rotatable bonds is 5. The lowest BCUT2D eigenvalue weighted by atomic mass is 9.93. The van der Waals surface area contributed by atoms with Crippen LogP contribution in [0.25, 0.3) is 0 Å². The predicted octanol–water partition coefficient (Wildman–Crippen LogP) is 2.26. The second kappa shape index (κ2) is 5.72. The predicted molar refractivity (Wildman–Crippen MR) is 79.0 cm³/mol. The molecule has 3 unspecified atom stereocenters. The number of carboxylic acid groups (broad SMARTS) is 1. The molecule has 1 aromatic carbocycles. The van der Waals surface area contributed by atoms with E-state index in [1.54, 1.807) is 24.3 Å². The SMILES string of the molecule is O=C(O)c1ccc(CCNC(=O)C2CC3C=CC2C3)cc1. The average Bonchev–Trinajstić information content (AvgIpc) is 3.10. The maximum absolute atomic E-state index is 12.1. The van der Waals surface area contributed by atoms with Gasteiger partial charge >= 0.3 is 5.97 Å². The van der Waals surface area contributed by atoms with Gasteiger partial charge in [0.05, 0.1) is 5.56 Å². The topological polar surface area (TPSA) is 66.4 Å². The molecule has 3 atom stereocenters. The Hall–Kier alpha value is -2.10. The van der Waals surface area contributed by atoms with Gasteiger partial charge < -0.3 is 10.4 Å². The van der Waals surface area contributed by atoms with E-state index in [-0.39, 0.29) is 17.4 Å². The van der Waals surface area contributed by atoms with E-state index < -0.39 is 5.97 Å². The second-order valence-electron chi connectivity index (χ2n) is 5.93. The van der Waals surface area contributed by atoms with Gasteiger partial charge in [0, 0.05) is 12.5 Å². The molecule has 2 N–H and O–H groups in total. The van der Waals surface area contributed by atoms with Gasteiger partial charge in [0.25, 0.3) is 0 Å². The van der Waals surface area contributed by atoms with E-state index in [9.17, 15) is 9.59 Å². The van der Waals surface area contributed by atoms with Crippen molar-refractivity contribution >= 4 is 11.9 Å². The molecule has 0 aromatic heterocycles. The number of carboxylic acids is 1. The van der Waals surface area contributed by atoms with Crippen LogP contribution in [0.3, 0.4) is 0 Å². The Morgan fingerprint density at radius 2 is 1.90 bits per heavy atom. The number of nitrogens with one attached hydrogen (secondary N) is 1. The zero-order valence-corrected chi connectivity index (χ0v) is 11.8. The first-order valence-electron chi connectivity index (χ1n) is 7.42. The van der Waals surface area contributed by atoms with E-state index in [0.29, 0.717) is 18.4 Å². The molecule has 1 amide bonds. The van der Waals surface area contributed by atoms with Crippen molar-refractivity contribution in [1.82, 2.24) is 5.32 Å². The summed E-state index contributed by atoms with van der Waals surface area (Å²) in [6.07, 6.45) is 7.26. The number of carbonyl (C=O) groups is 2. The Balaban J connectivity index is 1.46. The van der Waals surface area contributed by atoms with E-state index in [2.05, 4.69) is 17.5 Å². The summed E-state index contributed by atoms with van der Waals surface area (Å²) in [5.74, 6) is 0.432. The minimum Gasteiger partial charge on any atom is -0.478 e. The molecule has 1 aromatic rings. The number of benzene rings is 1. The van der Waals surface area contributed by atoms with Crippen LogP contribution in [-0.4, -0.2) is 23.5 Å². The Labute approximate surface area is 123 Å². The van der Waals surface area contributed by atoms with Gasteiger partial charge in [-0.2, -0.15) is 0 Å². The summed E-state index contributed by atoms with van der Waals surface area (Å²) in [5, 5.41) is 11.8. The fourth-order valence-corrected chi connectivity index (χ4v) is 3.36. The zero-order valence-electron chi connectivity index (χ0n) is 11.8. The maximum atomic E-state index is 12.1. The van der Waals surface area contributed by atoms with E-state index in [0.717, 1.165) is 24.8 Å². The summed E-state index contributed by atoms with van der Waals surface area (Å²) in [6.45, 7) is 0.600. The van der Waals surface area contributed by atoms with Crippen molar-refractivity contribution in [1.29, 1.82) is 0 Å². The van der Waals surface area contributed by atoms with Crippen molar-refractivity contribution in [2.24, 2.45) is 17.8 Å². The Kier molecular flexibility index (Phi) is 3.78. The highest BCUT2D eigenvalue weighted by atomic mass is 16.4. The molecule has 21 heavy (non-hydrogen) atoms. The minimum absolute atomic E-state index is 0.148. The molecule has 0 radical (unpaired) electrons. The third-order valence-corrected chi connectivity index (χ3v) is 4.53. The highest BCUT2D eigenvalue weighted by molar-refractivity contribution is 5.87. The smallest absolute Gasteiger partial charge is 0.335 e.